The Labute approximate surface area is 155 Å². The van der Waals surface area contributed by atoms with E-state index in [9.17, 15) is 9.59 Å². The van der Waals surface area contributed by atoms with Crippen LogP contribution in [0.25, 0.3) is 0 Å². The van der Waals surface area contributed by atoms with E-state index >= 15 is 0 Å². The van der Waals surface area contributed by atoms with Crippen LogP contribution in [0.1, 0.15) is 50.5 Å². The van der Waals surface area contributed by atoms with Gasteiger partial charge < -0.3 is 20.5 Å². The molecule has 0 aliphatic carbocycles. The van der Waals surface area contributed by atoms with Crippen LogP contribution in [0.15, 0.2) is 30.3 Å². The number of carboxylic acid groups (broad SMARTS) is 1. The number of carboxylic acids is 1. The Kier molecular flexibility index (Phi) is 8.96. The minimum atomic E-state index is -0.849. The average molecular weight is 362 g/mol. The van der Waals surface area contributed by atoms with Crippen LogP contribution in [-0.2, 0) is 16.0 Å². The fraction of sp³-hybridized carbons (Fsp3) is 0.600. The van der Waals surface area contributed by atoms with E-state index in [1.807, 2.05) is 30.3 Å². The summed E-state index contributed by atoms with van der Waals surface area (Å²) in [5.74, 6) is -0.849. The molecular formula is C20H30N2O4. The molecule has 1 saturated heterocycles. The predicted octanol–water partition coefficient (Wildman–Crippen LogP) is 3.11. The van der Waals surface area contributed by atoms with Gasteiger partial charge in [0, 0.05) is 25.6 Å². The van der Waals surface area contributed by atoms with Gasteiger partial charge in [-0.2, -0.15) is 0 Å². The lowest BCUT2D eigenvalue weighted by Crippen LogP contribution is -2.43. The molecule has 1 aromatic rings. The van der Waals surface area contributed by atoms with Gasteiger partial charge in [-0.25, -0.2) is 4.79 Å². The molecule has 0 aromatic heterocycles. The molecule has 2 rings (SSSR count). The third kappa shape index (κ3) is 8.34. The van der Waals surface area contributed by atoms with Gasteiger partial charge in [0.25, 0.3) is 0 Å². The fourth-order valence-corrected chi connectivity index (χ4v) is 3.22. The van der Waals surface area contributed by atoms with Gasteiger partial charge in [-0.15, -0.1) is 0 Å². The lowest BCUT2D eigenvalue weighted by atomic mass is 10.0. The Balaban J connectivity index is 1.70. The summed E-state index contributed by atoms with van der Waals surface area (Å²) in [5, 5.41) is 14.7. The highest BCUT2D eigenvalue weighted by Gasteiger charge is 2.16. The lowest BCUT2D eigenvalue weighted by molar-refractivity contribution is -0.137. The molecule has 1 aliphatic heterocycles. The largest absolute Gasteiger partial charge is 0.481 e. The molecule has 26 heavy (non-hydrogen) atoms. The van der Waals surface area contributed by atoms with E-state index in [0.717, 1.165) is 37.9 Å². The van der Waals surface area contributed by atoms with Crippen molar-refractivity contribution >= 4 is 12.0 Å². The third-order valence-electron chi connectivity index (χ3n) is 4.63. The van der Waals surface area contributed by atoms with Crippen LogP contribution in [0.4, 0.5) is 4.79 Å². The second-order valence-corrected chi connectivity index (χ2v) is 6.85. The first-order valence-electron chi connectivity index (χ1n) is 9.55. The minimum Gasteiger partial charge on any atom is -0.481 e. The Hall–Kier alpha value is -2.08. The summed E-state index contributed by atoms with van der Waals surface area (Å²) in [5.41, 5.74) is 1.08. The molecule has 3 N–H and O–H groups in total. The standard InChI is InChI=1S/C20H30N2O4/c23-19(24)12-11-17(15-16-7-2-1-3-8-16)22-20(25)21-13-6-10-18-9-4-5-14-26-18/h1-3,7-8,17-18H,4-6,9-15H2,(H,23,24)(H2,21,22,25). The third-order valence-corrected chi connectivity index (χ3v) is 4.63. The zero-order chi connectivity index (χ0) is 18.6. The Morgan fingerprint density at radius 1 is 1.23 bits per heavy atom. The van der Waals surface area contributed by atoms with E-state index in [1.165, 1.54) is 6.42 Å². The maximum absolute atomic E-state index is 12.1. The van der Waals surface area contributed by atoms with Gasteiger partial charge in [-0.3, -0.25) is 4.79 Å². The topological polar surface area (TPSA) is 87.7 Å². The first-order chi connectivity index (χ1) is 12.6. The summed E-state index contributed by atoms with van der Waals surface area (Å²) in [4.78, 5) is 23.0. The molecule has 6 heteroatoms. The van der Waals surface area contributed by atoms with Gasteiger partial charge in [-0.1, -0.05) is 30.3 Å². The second kappa shape index (κ2) is 11.5. The van der Waals surface area contributed by atoms with Crippen molar-refractivity contribution in [1.82, 2.24) is 10.6 Å². The summed E-state index contributed by atoms with van der Waals surface area (Å²) in [7, 11) is 0. The van der Waals surface area contributed by atoms with Gasteiger partial charge >= 0.3 is 12.0 Å². The van der Waals surface area contributed by atoms with E-state index in [4.69, 9.17) is 9.84 Å². The van der Waals surface area contributed by atoms with Crippen LogP contribution in [-0.4, -0.2) is 42.4 Å². The summed E-state index contributed by atoms with van der Waals surface area (Å²) in [6.07, 6.45) is 6.74. The summed E-state index contributed by atoms with van der Waals surface area (Å²) < 4.78 is 5.69. The number of nitrogens with one attached hydrogen (secondary N) is 2. The van der Waals surface area contributed by atoms with Crippen LogP contribution in [0.5, 0.6) is 0 Å². The minimum absolute atomic E-state index is 0.0385. The molecule has 0 spiro atoms. The average Bonchev–Trinajstić information content (AvgIpc) is 2.65. The molecule has 0 bridgehead atoms. The van der Waals surface area contributed by atoms with Gasteiger partial charge in [0.1, 0.15) is 0 Å². The molecule has 2 atom stereocenters. The molecule has 0 radical (unpaired) electrons. The number of urea groups is 1. The van der Waals surface area contributed by atoms with Gasteiger partial charge in [0.05, 0.1) is 6.10 Å². The fourth-order valence-electron chi connectivity index (χ4n) is 3.22. The van der Waals surface area contributed by atoms with Crippen molar-refractivity contribution in [3.8, 4) is 0 Å². The highest BCUT2D eigenvalue weighted by Crippen LogP contribution is 2.16. The molecule has 6 nitrogen and oxygen atoms in total. The molecule has 2 unspecified atom stereocenters. The SMILES string of the molecule is O=C(O)CCC(Cc1ccccc1)NC(=O)NCCCC1CCCCO1. The van der Waals surface area contributed by atoms with Crippen LogP contribution in [0.2, 0.25) is 0 Å². The van der Waals surface area contributed by atoms with E-state index in [2.05, 4.69) is 10.6 Å². The van der Waals surface area contributed by atoms with Gasteiger partial charge in [-0.05, 0) is 50.5 Å². The first-order valence-corrected chi connectivity index (χ1v) is 9.55. The van der Waals surface area contributed by atoms with Crippen LogP contribution >= 0.6 is 0 Å². The molecule has 0 saturated carbocycles. The number of ether oxygens (including phenoxy) is 1. The monoisotopic (exact) mass is 362 g/mol. The molecule has 1 heterocycles. The first kappa shape index (κ1) is 20.2. The molecule has 1 aromatic carbocycles. The smallest absolute Gasteiger partial charge is 0.315 e. The van der Waals surface area contributed by atoms with Crippen molar-refractivity contribution in [2.24, 2.45) is 0 Å². The molecule has 144 valence electrons. The van der Waals surface area contributed by atoms with Gasteiger partial charge in [0.15, 0.2) is 0 Å². The number of carbonyl (C=O) groups is 2. The summed E-state index contributed by atoms with van der Waals surface area (Å²) in [6, 6.07) is 9.35. The Bertz CT molecular complexity index is 544. The normalized spacial score (nSPS) is 18.1. The van der Waals surface area contributed by atoms with E-state index in [0.29, 0.717) is 25.5 Å². The van der Waals surface area contributed by atoms with Crippen molar-refractivity contribution in [2.75, 3.05) is 13.2 Å². The van der Waals surface area contributed by atoms with E-state index in [1.54, 1.807) is 0 Å². The van der Waals surface area contributed by atoms with Crippen molar-refractivity contribution in [3.63, 3.8) is 0 Å². The van der Waals surface area contributed by atoms with E-state index < -0.39 is 5.97 Å². The second-order valence-electron chi connectivity index (χ2n) is 6.85. The summed E-state index contributed by atoms with van der Waals surface area (Å²) >= 11 is 0. The molecule has 1 fully saturated rings. The number of rotatable bonds is 10. The van der Waals surface area contributed by atoms with E-state index in [-0.39, 0.29) is 18.5 Å². The Morgan fingerprint density at radius 3 is 2.73 bits per heavy atom. The van der Waals surface area contributed by atoms with Gasteiger partial charge in [0.2, 0.25) is 0 Å². The highest BCUT2D eigenvalue weighted by atomic mass is 16.5. The van der Waals surface area contributed by atoms with Crippen molar-refractivity contribution < 1.29 is 19.4 Å². The van der Waals surface area contributed by atoms with Crippen LogP contribution in [0, 0.1) is 0 Å². The van der Waals surface area contributed by atoms with Crippen LogP contribution < -0.4 is 10.6 Å². The quantitative estimate of drug-likeness (QED) is 0.558. The Morgan fingerprint density at radius 2 is 2.04 bits per heavy atom. The number of aliphatic carboxylic acids is 1. The zero-order valence-electron chi connectivity index (χ0n) is 15.3. The highest BCUT2D eigenvalue weighted by molar-refractivity contribution is 5.74. The maximum Gasteiger partial charge on any atom is 0.315 e. The van der Waals surface area contributed by atoms with Crippen molar-refractivity contribution in [1.29, 1.82) is 0 Å². The summed E-state index contributed by atoms with van der Waals surface area (Å²) in [6.45, 7) is 1.45. The maximum atomic E-state index is 12.1. The number of benzene rings is 1. The lowest BCUT2D eigenvalue weighted by Gasteiger charge is -2.22. The number of hydrogen-bond donors (Lipinski definition) is 3. The number of hydrogen-bond acceptors (Lipinski definition) is 3. The molecule has 2 amide bonds. The molecule has 1 aliphatic rings. The zero-order valence-corrected chi connectivity index (χ0v) is 15.3. The van der Waals surface area contributed by atoms with Crippen molar-refractivity contribution in [3.05, 3.63) is 35.9 Å². The van der Waals surface area contributed by atoms with Crippen LogP contribution in [0.3, 0.4) is 0 Å². The number of carbonyl (C=O) groups excluding carboxylic acids is 1. The number of amides is 2. The predicted molar refractivity (Wildman–Crippen MR) is 100 cm³/mol. The van der Waals surface area contributed by atoms with Crippen molar-refractivity contribution in [2.45, 2.75) is 63.5 Å². The molecular weight excluding hydrogens is 332 g/mol.